The maximum atomic E-state index is 11.2. The molecule has 0 aromatic rings. The van der Waals surface area contributed by atoms with E-state index in [0.717, 1.165) is 25.9 Å². The van der Waals surface area contributed by atoms with E-state index in [9.17, 15) is 4.79 Å². The first kappa shape index (κ1) is 9.00. The Morgan fingerprint density at radius 3 is 2.85 bits per heavy atom. The molecule has 0 unspecified atom stereocenters. The number of carbonyl (C=O) groups excluding carboxylic acids is 1. The van der Waals surface area contributed by atoms with Crippen LogP contribution in [0.3, 0.4) is 0 Å². The van der Waals surface area contributed by atoms with E-state index in [1.54, 1.807) is 0 Å². The third-order valence-corrected chi connectivity index (χ3v) is 2.77. The molecule has 74 valence electrons. The standard InChI is InChI=1S/C10H17NO2/c12-10(9-3-4-9)13-7-8-2-1-5-11-6-8/h8-9,11H,1-7H2/t8-/m1/s1. The van der Waals surface area contributed by atoms with Crippen LogP contribution >= 0.6 is 0 Å². The fraction of sp³-hybridized carbons (Fsp3) is 0.900. The molecule has 2 fully saturated rings. The van der Waals surface area contributed by atoms with Crippen LogP contribution in [0.5, 0.6) is 0 Å². The maximum Gasteiger partial charge on any atom is 0.308 e. The van der Waals surface area contributed by atoms with Crippen LogP contribution in [-0.4, -0.2) is 25.7 Å². The molecule has 1 saturated carbocycles. The summed E-state index contributed by atoms with van der Waals surface area (Å²) in [6, 6.07) is 0. The Morgan fingerprint density at radius 2 is 2.23 bits per heavy atom. The number of ether oxygens (including phenoxy) is 1. The Bertz CT molecular complexity index is 183. The predicted molar refractivity (Wildman–Crippen MR) is 49.3 cm³/mol. The summed E-state index contributed by atoms with van der Waals surface area (Å²) in [5.74, 6) is 0.832. The van der Waals surface area contributed by atoms with Crippen molar-refractivity contribution in [2.45, 2.75) is 25.7 Å². The molecule has 3 nitrogen and oxygen atoms in total. The van der Waals surface area contributed by atoms with Gasteiger partial charge in [0, 0.05) is 12.5 Å². The van der Waals surface area contributed by atoms with E-state index in [4.69, 9.17) is 4.74 Å². The van der Waals surface area contributed by atoms with Crippen molar-refractivity contribution in [3.63, 3.8) is 0 Å². The van der Waals surface area contributed by atoms with Crippen LogP contribution in [0.4, 0.5) is 0 Å². The zero-order chi connectivity index (χ0) is 9.10. The number of rotatable bonds is 3. The van der Waals surface area contributed by atoms with Gasteiger partial charge in [0.05, 0.1) is 12.5 Å². The molecule has 1 saturated heterocycles. The molecule has 1 aliphatic carbocycles. The third kappa shape index (κ3) is 2.69. The molecule has 0 bridgehead atoms. The van der Waals surface area contributed by atoms with Gasteiger partial charge in [0.2, 0.25) is 0 Å². The number of hydrogen-bond acceptors (Lipinski definition) is 3. The van der Waals surface area contributed by atoms with Gasteiger partial charge in [0.25, 0.3) is 0 Å². The first-order valence-corrected chi connectivity index (χ1v) is 5.23. The van der Waals surface area contributed by atoms with Crippen molar-refractivity contribution in [1.29, 1.82) is 0 Å². The van der Waals surface area contributed by atoms with Gasteiger partial charge in [-0.05, 0) is 32.2 Å². The monoisotopic (exact) mass is 183 g/mol. The summed E-state index contributed by atoms with van der Waals surface area (Å²) in [6.45, 7) is 2.76. The molecular weight excluding hydrogens is 166 g/mol. The molecule has 1 aliphatic heterocycles. The predicted octanol–water partition coefficient (Wildman–Crippen LogP) is 0.939. The van der Waals surface area contributed by atoms with Gasteiger partial charge in [-0.3, -0.25) is 4.79 Å². The second kappa shape index (κ2) is 4.09. The van der Waals surface area contributed by atoms with Gasteiger partial charge in [0.15, 0.2) is 0 Å². The molecule has 0 spiro atoms. The number of carbonyl (C=O) groups is 1. The molecule has 0 aromatic heterocycles. The topological polar surface area (TPSA) is 38.3 Å². The molecule has 3 heteroatoms. The normalized spacial score (nSPS) is 28.5. The number of hydrogen-bond donors (Lipinski definition) is 1. The minimum absolute atomic E-state index is 0.0329. The van der Waals surface area contributed by atoms with Crippen LogP contribution in [0.15, 0.2) is 0 Å². The van der Waals surface area contributed by atoms with E-state index in [0.29, 0.717) is 12.5 Å². The van der Waals surface area contributed by atoms with Gasteiger partial charge < -0.3 is 10.1 Å². The Morgan fingerprint density at radius 1 is 1.38 bits per heavy atom. The first-order chi connectivity index (χ1) is 6.36. The number of piperidine rings is 1. The SMILES string of the molecule is O=C(OC[C@@H]1CCCNC1)C1CC1. The van der Waals surface area contributed by atoms with E-state index < -0.39 is 0 Å². The zero-order valence-corrected chi connectivity index (χ0v) is 7.92. The van der Waals surface area contributed by atoms with E-state index in [2.05, 4.69) is 5.32 Å². The largest absolute Gasteiger partial charge is 0.465 e. The molecule has 13 heavy (non-hydrogen) atoms. The first-order valence-electron chi connectivity index (χ1n) is 5.23. The summed E-state index contributed by atoms with van der Waals surface area (Å²) in [6.07, 6.45) is 4.50. The second-order valence-corrected chi connectivity index (χ2v) is 4.12. The lowest BCUT2D eigenvalue weighted by atomic mass is 10.0. The molecule has 1 atom stereocenters. The fourth-order valence-electron chi connectivity index (χ4n) is 1.70. The average Bonchev–Trinajstić information content (AvgIpc) is 2.99. The lowest BCUT2D eigenvalue weighted by molar-refractivity contribution is -0.146. The van der Waals surface area contributed by atoms with E-state index in [1.807, 2.05) is 0 Å². The van der Waals surface area contributed by atoms with E-state index >= 15 is 0 Å². The highest BCUT2D eigenvalue weighted by molar-refractivity contribution is 5.74. The summed E-state index contributed by atoms with van der Waals surface area (Å²) in [7, 11) is 0. The number of nitrogens with one attached hydrogen (secondary N) is 1. The van der Waals surface area contributed by atoms with Crippen molar-refractivity contribution in [3.05, 3.63) is 0 Å². The molecule has 0 radical (unpaired) electrons. The smallest absolute Gasteiger partial charge is 0.308 e. The highest BCUT2D eigenvalue weighted by atomic mass is 16.5. The maximum absolute atomic E-state index is 11.2. The van der Waals surface area contributed by atoms with Crippen LogP contribution in [-0.2, 0) is 9.53 Å². The van der Waals surface area contributed by atoms with E-state index in [1.165, 1.54) is 12.8 Å². The molecule has 2 rings (SSSR count). The zero-order valence-electron chi connectivity index (χ0n) is 7.92. The Kier molecular flexibility index (Phi) is 2.83. The van der Waals surface area contributed by atoms with Gasteiger partial charge in [0.1, 0.15) is 0 Å². The lowest BCUT2D eigenvalue weighted by Crippen LogP contribution is -2.33. The van der Waals surface area contributed by atoms with Gasteiger partial charge >= 0.3 is 5.97 Å². The van der Waals surface area contributed by atoms with Crippen molar-refractivity contribution in [2.75, 3.05) is 19.7 Å². The minimum atomic E-state index is 0.0329. The molecule has 0 amide bonds. The molecule has 1 N–H and O–H groups in total. The summed E-state index contributed by atoms with van der Waals surface area (Å²) in [4.78, 5) is 11.2. The highest BCUT2D eigenvalue weighted by Crippen LogP contribution is 2.30. The van der Waals surface area contributed by atoms with Gasteiger partial charge in [-0.15, -0.1) is 0 Å². The lowest BCUT2D eigenvalue weighted by Gasteiger charge is -2.22. The minimum Gasteiger partial charge on any atom is -0.465 e. The third-order valence-electron chi connectivity index (χ3n) is 2.77. The Labute approximate surface area is 78.8 Å². The summed E-state index contributed by atoms with van der Waals surface area (Å²) < 4.78 is 5.23. The average molecular weight is 183 g/mol. The summed E-state index contributed by atoms with van der Waals surface area (Å²) in [5.41, 5.74) is 0. The second-order valence-electron chi connectivity index (χ2n) is 4.12. The van der Waals surface area contributed by atoms with Gasteiger partial charge in [-0.2, -0.15) is 0 Å². The Hall–Kier alpha value is -0.570. The Balaban J connectivity index is 1.62. The van der Waals surface area contributed by atoms with Crippen LogP contribution in [0.25, 0.3) is 0 Å². The van der Waals surface area contributed by atoms with Crippen molar-refractivity contribution in [2.24, 2.45) is 11.8 Å². The van der Waals surface area contributed by atoms with Crippen molar-refractivity contribution < 1.29 is 9.53 Å². The summed E-state index contributed by atoms with van der Waals surface area (Å²) >= 11 is 0. The van der Waals surface area contributed by atoms with Gasteiger partial charge in [-0.25, -0.2) is 0 Å². The van der Waals surface area contributed by atoms with Crippen molar-refractivity contribution in [1.82, 2.24) is 5.32 Å². The highest BCUT2D eigenvalue weighted by Gasteiger charge is 2.31. The van der Waals surface area contributed by atoms with Crippen LogP contribution in [0.2, 0.25) is 0 Å². The quantitative estimate of drug-likeness (QED) is 0.662. The van der Waals surface area contributed by atoms with Gasteiger partial charge in [-0.1, -0.05) is 0 Å². The van der Waals surface area contributed by atoms with Crippen LogP contribution in [0.1, 0.15) is 25.7 Å². The number of esters is 1. The summed E-state index contributed by atoms with van der Waals surface area (Å²) in [5, 5.41) is 3.31. The van der Waals surface area contributed by atoms with E-state index in [-0.39, 0.29) is 11.9 Å². The molecule has 0 aromatic carbocycles. The van der Waals surface area contributed by atoms with Crippen molar-refractivity contribution >= 4 is 5.97 Å². The fourth-order valence-corrected chi connectivity index (χ4v) is 1.70. The van der Waals surface area contributed by atoms with Crippen molar-refractivity contribution in [3.8, 4) is 0 Å². The molecule has 2 aliphatic rings. The molecule has 1 heterocycles. The molecular formula is C10H17NO2. The van der Waals surface area contributed by atoms with Crippen LogP contribution < -0.4 is 5.32 Å². The van der Waals surface area contributed by atoms with Crippen LogP contribution in [0, 0.1) is 11.8 Å².